The molecular formula is C12H11F2NO5. The van der Waals surface area contributed by atoms with Gasteiger partial charge in [0.25, 0.3) is 0 Å². The van der Waals surface area contributed by atoms with E-state index >= 15 is 0 Å². The largest absolute Gasteiger partial charge is 0.586 e. The highest BCUT2D eigenvalue weighted by atomic mass is 19.3. The number of amides is 1. The van der Waals surface area contributed by atoms with Gasteiger partial charge in [-0.25, -0.2) is 4.79 Å². The number of benzene rings is 1. The van der Waals surface area contributed by atoms with E-state index in [1.165, 1.54) is 6.07 Å². The van der Waals surface area contributed by atoms with Gasteiger partial charge in [0.15, 0.2) is 11.5 Å². The van der Waals surface area contributed by atoms with E-state index < -0.39 is 18.5 Å². The van der Waals surface area contributed by atoms with Gasteiger partial charge in [0.05, 0.1) is 11.8 Å². The van der Waals surface area contributed by atoms with Gasteiger partial charge in [-0.05, 0) is 18.9 Å². The maximum Gasteiger partial charge on any atom is 0.586 e. The zero-order valence-corrected chi connectivity index (χ0v) is 10.2. The van der Waals surface area contributed by atoms with Crippen molar-refractivity contribution in [2.75, 3.05) is 11.4 Å². The summed E-state index contributed by atoms with van der Waals surface area (Å²) in [6.45, 7) is 0.176. The molecule has 108 valence electrons. The van der Waals surface area contributed by atoms with Gasteiger partial charge in [-0.2, -0.15) is 0 Å². The molecule has 1 aromatic rings. The lowest BCUT2D eigenvalue weighted by Gasteiger charge is -2.20. The molecule has 2 N–H and O–H groups in total. The van der Waals surface area contributed by atoms with Crippen LogP contribution in [0.15, 0.2) is 12.1 Å². The van der Waals surface area contributed by atoms with Crippen LogP contribution in [0.5, 0.6) is 11.5 Å². The number of carboxylic acid groups (broad SMARTS) is 1. The Morgan fingerprint density at radius 1 is 1.35 bits per heavy atom. The Labute approximate surface area is 112 Å². The van der Waals surface area contributed by atoms with Gasteiger partial charge in [0.1, 0.15) is 0 Å². The number of rotatable bonds is 0. The molecule has 0 unspecified atom stereocenters. The maximum atomic E-state index is 13.0. The molecule has 1 amide bonds. The summed E-state index contributed by atoms with van der Waals surface area (Å²) in [5.41, 5.74) is 0.382. The Morgan fingerprint density at radius 3 is 2.65 bits per heavy atom. The molecule has 0 bridgehead atoms. The van der Waals surface area contributed by atoms with Crippen molar-refractivity contribution in [3.8, 4) is 11.5 Å². The standard InChI is InChI=1S/C12H11F2NO5/c13-12(14)19-9-4-6-7(5-10(9)20-12)15(11(17)18)3-1-2-8(6)16/h4-5,8,16H,1-3H2,(H,17,18)/t8-/m1/s1. The van der Waals surface area contributed by atoms with Crippen LogP contribution in [0.25, 0.3) is 0 Å². The monoisotopic (exact) mass is 287 g/mol. The summed E-state index contributed by atoms with van der Waals surface area (Å²) in [6, 6.07) is 2.37. The first-order valence-corrected chi connectivity index (χ1v) is 6.00. The normalized spacial score (nSPS) is 23.1. The topological polar surface area (TPSA) is 79.2 Å². The van der Waals surface area contributed by atoms with Gasteiger partial charge < -0.3 is 19.7 Å². The van der Waals surface area contributed by atoms with Gasteiger partial charge in [-0.1, -0.05) is 0 Å². The molecule has 8 heteroatoms. The van der Waals surface area contributed by atoms with Crippen LogP contribution >= 0.6 is 0 Å². The van der Waals surface area contributed by atoms with E-state index in [4.69, 9.17) is 0 Å². The van der Waals surface area contributed by atoms with Crippen LogP contribution in [0.4, 0.5) is 19.3 Å². The Kier molecular flexibility index (Phi) is 2.72. The molecule has 1 atom stereocenters. The lowest BCUT2D eigenvalue weighted by atomic mass is 10.0. The second kappa shape index (κ2) is 4.20. The molecule has 0 radical (unpaired) electrons. The summed E-state index contributed by atoms with van der Waals surface area (Å²) in [4.78, 5) is 12.2. The van der Waals surface area contributed by atoms with Crippen LogP contribution in [0, 0.1) is 0 Å². The summed E-state index contributed by atoms with van der Waals surface area (Å²) >= 11 is 0. The second-order valence-corrected chi connectivity index (χ2v) is 4.62. The maximum absolute atomic E-state index is 13.0. The molecule has 0 fully saturated rings. The second-order valence-electron chi connectivity index (χ2n) is 4.62. The molecule has 1 aromatic carbocycles. The fraction of sp³-hybridized carbons (Fsp3) is 0.417. The van der Waals surface area contributed by atoms with E-state index in [2.05, 4.69) is 9.47 Å². The molecular weight excluding hydrogens is 276 g/mol. The van der Waals surface area contributed by atoms with Crippen LogP contribution < -0.4 is 14.4 Å². The van der Waals surface area contributed by atoms with E-state index in [1.807, 2.05) is 0 Å². The van der Waals surface area contributed by atoms with Crippen molar-refractivity contribution in [3.05, 3.63) is 17.7 Å². The van der Waals surface area contributed by atoms with Gasteiger partial charge >= 0.3 is 12.4 Å². The third-order valence-electron chi connectivity index (χ3n) is 3.29. The Balaban J connectivity index is 2.12. The van der Waals surface area contributed by atoms with Crippen molar-refractivity contribution in [1.82, 2.24) is 0 Å². The molecule has 0 aromatic heterocycles. The van der Waals surface area contributed by atoms with Crippen molar-refractivity contribution in [3.63, 3.8) is 0 Å². The molecule has 2 aliphatic rings. The predicted octanol–water partition coefficient (Wildman–Crippen LogP) is 2.32. The molecule has 0 spiro atoms. The van der Waals surface area contributed by atoms with E-state index in [0.717, 1.165) is 11.0 Å². The molecule has 3 rings (SSSR count). The van der Waals surface area contributed by atoms with Crippen LogP contribution in [0.3, 0.4) is 0 Å². The molecule has 0 saturated heterocycles. The molecule has 0 aliphatic carbocycles. The number of ether oxygens (including phenoxy) is 2. The average molecular weight is 287 g/mol. The lowest BCUT2D eigenvalue weighted by molar-refractivity contribution is -0.286. The SMILES string of the molecule is O=C(O)N1CCC[C@@H](O)c2cc3c(cc21)OC(F)(F)O3. The number of anilines is 1. The number of aliphatic hydroxyl groups is 1. The highest BCUT2D eigenvalue weighted by Gasteiger charge is 2.44. The quantitative estimate of drug-likeness (QED) is 0.765. The number of carbonyl (C=O) groups is 1. The Morgan fingerprint density at radius 2 is 2.00 bits per heavy atom. The van der Waals surface area contributed by atoms with Crippen LogP contribution in [-0.2, 0) is 0 Å². The fourth-order valence-corrected chi connectivity index (χ4v) is 2.42. The van der Waals surface area contributed by atoms with Gasteiger partial charge in [-0.3, -0.25) is 4.90 Å². The average Bonchev–Trinajstić information content (AvgIpc) is 2.55. The molecule has 2 heterocycles. The van der Waals surface area contributed by atoms with E-state index in [0.29, 0.717) is 12.8 Å². The van der Waals surface area contributed by atoms with Crippen molar-refractivity contribution < 1.29 is 33.3 Å². The summed E-state index contributed by atoms with van der Waals surface area (Å²) in [5.74, 6) is -0.450. The number of halogens is 2. The smallest absolute Gasteiger partial charge is 0.465 e. The Hall–Kier alpha value is -2.09. The van der Waals surface area contributed by atoms with E-state index in [-0.39, 0.29) is 29.3 Å². The van der Waals surface area contributed by atoms with Gasteiger partial charge in [0, 0.05) is 18.2 Å². The number of hydrogen-bond acceptors (Lipinski definition) is 4. The predicted molar refractivity (Wildman–Crippen MR) is 62.2 cm³/mol. The van der Waals surface area contributed by atoms with Crippen LogP contribution in [0.2, 0.25) is 0 Å². The van der Waals surface area contributed by atoms with Crippen molar-refractivity contribution in [2.24, 2.45) is 0 Å². The van der Waals surface area contributed by atoms with E-state index in [1.54, 1.807) is 0 Å². The first kappa shape index (κ1) is 12.9. The summed E-state index contributed by atoms with van der Waals surface area (Å²) in [6.07, 6.45) is -5.12. The zero-order valence-electron chi connectivity index (χ0n) is 10.2. The lowest BCUT2D eigenvalue weighted by Crippen LogP contribution is -2.30. The van der Waals surface area contributed by atoms with Gasteiger partial charge in [-0.15, -0.1) is 8.78 Å². The van der Waals surface area contributed by atoms with Gasteiger partial charge in [0.2, 0.25) is 0 Å². The molecule has 6 nitrogen and oxygen atoms in total. The summed E-state index contributed by atoms with van der Waals surface area (Å²) in [7, 11) is 0. The zero-order chi connectivity index (χ0) is 14.5. The molecule has 0 saturated carbocycles. The fourth-order valence-electron chi connectivity index (χ4n) is 2.42. The van der Waals surface area contributed by atoms with E-state index in [9.17, 15) is 23.8 Å². The van der Waals surface area contributed by atoms with Crippen LogP contribution in [-0.4, -0.2) is 29.1 Å². The minimum absolute atomic E-state index is 0.141. The highest BCUT2D eigenvalue weighted by molar-refractivity contribution is 5.88. The number of nitrogens with zero attached hydrogens (tertiary/aromatic N) is 1. The number of aliphatic hydroxyl groups excluding tert-OH is 1. The number of fused-ring (bicyclic) bond motifs is 2. The third-order valence-corrected chi connectivity index (χ3v) is 3.29. The van der Waals surface area contributed by atoms with Crippen molar-refractivity contribution in [2.45, 2.75) is 25.2 Å². The summed E-state index contributed by atoms with van der Waals surface area (Å²) in [5, 5.41) is 19.2. The first-order chi connectivity index (χ1) is 9.37. The van der Waals surface area contributed by atoms with Crippen molar-refractivity contribution >= 4 is 11.8 Å². The summed E-state index contributed by atoms with van der Waals surface area (Å²) < 4.78 is 34.7. The minimum Gasteiger partial charge on any atom is -0.465 e. The highest BCUT2D eigenvalue weighted by Crippen LogP contribution is 2.47. The first-order valence-electron chi connectivity index (χ1n) is 6.00. The minimum atomic E-state index is -3.78. The Bertz CT molecular complexity index is 577. The molecule has 2 aliphatic heterocycles. The third kappa shape index (κ3) is 2.01. The van der Waals surface area contributed by atoms with Crippen molar-refractivity contribution in [1.29, 1.82) is 0 Å². The number of alkyl halides is 2. The number of hydrogen-bond donors (Lipinski definition) is 2. The van der Waals surface area contributed by atoms with Crippen LogP contribution in [0.1, 0.15) is 24.5 Å². The molecule has 20 heavy (non-hydrogen) atoms.